The van der Waals surface area contributed by atoms with E-state index in [1.807, 2.05) is 0 Å². The Morgan fingerprint density at radius 1 is 1.17 bits per heavy atom. The van der Waals surface area contributed by atoms with Gasteiger partial charge >= 0.3 is 6.03 Å². The summed E-state index contributed by atoms with van der Waals surface area (Å²) in [6, 6.07) is -2.03. The molecule has 2 atom stereocenters. The normalized spacial score (nSPS) is 23.9. The molecule has 0 aromatic rings. The molecule has 1 heterocycles. The summed E-state index contributed by atoms with van der Waals surface area (Å²) < 4.78 is 0. The first-order valence-corrected chi connectivity index (χ1v) is 8.36. The maximum atomic E-state index is 12.3. The van der Waals surface area contributed by atoms with E-state index in [0.29, 0.717) is 0 Å². The molecule has 5 N–H and O–H groups in total. The van der Waals surface area contributed by atoms with E-state index in [-0.39, 0.29) is 18.5 Å². The number of rotatable bonds is 5. The molecule has 1 aliphatic carbocycles. The Bertz CT molecular complexity index is 435. The van der Waals surface area contributed by atoms with Gasteiger partial charge in [-0.2, -0.15) is 0 Å². The lowest BCUT2D eigenvalue weighted by atomic mass is 9.96. The van der Waals surface area contributed by atoms with Gasteiger partial charge < -0.3 is 26.4 Å². The monoisotopic (exact) mass is 326 g/mol. The minimum atomic E-state index is -0.995. The van der Waals surface area contributed by atoms with Crippen LogP contribution in [-0.4, -0.2) is 54.2 Å². The lowest BCUT2D eigenvalue weighted by Gasteiger charge is -2.24. The zero-order chi connectivity index (χ0) is 16.7. The molecule has 1 aliphatic heterocycles. The van der Waals surface area contributed by atoms with E-state index in [1.54, 1.807) is 0 Å². The summed E-state index contributed by atoms with van der Waals surface area (Å²) >= 11 is 0. The predicted octanol–water partition coefficient (Wildman–Crippen LogP) is -0.626. The molecule has 2 unspecified atom stereocenters. The molecule has 0 radical (unpaired) electrons. The summed E-state index contributed by atoms with van der Waals surface area (Å²) in [5, 5.41) is 19.7. The number of amides is 4. The van der Waals surface area contributed by atoms with E-state index in [4.69, 9.17) is 0 Å². The Morgan fingerprint density at radius 3 is 2.39 bits per heavy atom. The second-order valence-electron chi connectivity index (χ2n) is 6.20. The number of nitrogens with one attached hydrogen (secondary N) is 4. The van der Waals surface area contributed by atoms with Crippen molar-refractivity contribution < 1.29 is 19.5 Å². The highest BCUT2D eigenvalue weighted by molar-refractivity contribution is 5.93. The smallest absolute Gasteiger partial charge is 0.315 e. The third-order valence-electron chi connectivity index (χ3n) is 4.36. The fraction of sp³-hybridized carbons (Fsp3) is 0.800. The number of carbonyl (C=O) groups is 3. The molecule has 2 aliphatic rings. The maximum Gasteiger partial charge on any atom is 0.315 e. The van der Waals surface area contributed by atoms with Crippen molar-refractivity contribution in [3.05, 3.63) is 0 Å². The average molecular weight is 326 g/mol. The molecule has 0 aromatic carbocycles. The standard InChI is InChI=1S/C15H26N4O4/c20-9-12(18-13(21)11-8-16-15(23)19-11)14(22)17-10-6-4-2-1-3-5-7-10/h10-12,20H,1-9H2,(H,17,22)(H,18,21)(H2,16,19,23). The Morgan fingerprint density at radius 2 is 1.83 bits per heavy atom. The van der Waals surface area contributed by atoms with Crippen LogP contribution in [0.5, 0.6) is 0 Å². The SMILES string of the molecule is O=C1NCC(C(=O)NC(CO)C(=O)NC2CCCCCCC2)N1. The fourth-order valence-corrected chi connectivity index (χ4v) is 2.98. The summed E-state index contributed by atoms with van der Waals surface area (Å²) in [4.78, 5) is 35.3. The first kappa shape index (κ1) is 17.5. The third kappa shape index (κ3) is 5.38. The van der Waals surface area contributed by atoms with Gasteiger partial charge in [0.25, 0.3) is 0 Å². The van der Waals surface area contributed by atoms with Crippen LogP contribution in [0.4, 0.5) is 4.79 Å². The first-order valence-electron chi connectivity index (χ1n) is 8.36. The van der Waals surface area contributed by atoms with Crippen molar-refractivity contribution in [2.24, 2.45) is 0 Å². The summed E-state index contributed by atoms with van der Waals surface area (Å²) in [6.07, 6.45) is 7.64. The zero-order valence-corrected chi connectivity index (χ0v) is 13.3. The van der Waals surface area contributed by atoms with Gasteiger partial charge in [0.1, 0.15) is 12.1 Å². The van der Waals surface area contributed by atoms with Crippen molar-refractivity contribution in [3.8, 4) is 0 Å². The van der Waals surface area contributed by atoms with Crippen LogP contribution in [0.2, 0.25) is 0 Å². The van der Waals surface area contributed by atoms with E-state index in [0.717, 1.165) is 25.7 Å². The van der Waals surface area contributed by atoms with Crippen LogP contribution >= 0.6 is 0 Å². The van der Waals surface area contributed by atoms with Gasteiger partial charge in [0, 0.05) is 12.6 Å². The van der Waals surface area contributed by atoms with Crippen molar-refractivity contribution in [2.75, 3.05) is 13.2 Å². The molecule has 0 aromatic heterocycles. The van der Waals surface area contributed by atoms with E-state index in [1.165, 1.54) is 19.3 Å². The highest BCUT2D eigenvalue weighted by Crippen LogP contribution is 2.17. The molecule has 1 saturated carbocycles. The van der Waals surface area contributed by atoms with E-state index in [9.17, 15) is 19.5 Å². The van der Waals surface area contributed by atoms with Crippen molar-refractivity contribution in [1.82, 2.24) is 21.3 Å². The van der Waals surface area contributed by atoms with Crippen LogP contribution in [-0.2, 0) is 9.59 Å². The summed E-state index contributed by atoms with van der Waals surface area (Å²) in [5.74, 6) is -0.848. The topological polar surface area (TPSA) is 120 Å². The predicted molar refractivity (Wildman–Crippen MR) is 83.6 cm³/mol. The van der Waals surface area contributed by atoms with Gasteiger partial charge in [0.2, 0.25) is 11.8 Å². The number of aliphatic hydroxyl groups is 1. The van der Waals surface area contributed by atoms with Gasteiger partial charge in [-0.3, -0.25) is 9.59 Å². The van der Waals surface area contributed by atoms with E-state index < -0.39 is 30.6 Å². The lowest BCUT2D eigenvalue weighted by Crippen LogP contribution is -2.55. The van der Waals surface area contributed by atoms with E-state index >= 15 is 0 Å². The number of aliphatic hydroxyl groups excluding tert-OH is 1. The Labute approximate surface area is 135 Å². The highest BCUT2D eigenvalue weighted by Gasteiger charge is 2.30. The van der Waals surface area contributed by atoms with Crippen LogP contribution in [0.15, 0.2) is 0 Å². The summed E-state index contributed by atoms with van der Waals surface area (Å²) in [6.45, 7) is -0.300. The highest BCUT2D eigenvalue weighted by atomic mass is 16.3. The Kier molecular flexibility index (Phi) is 6.64. The second-order valence-corrected chi connectivity index (χ2v) is 6.20. The molecule has 8 heteroatoms. The van der Waals surface area contributed by atoms with Crippen LogP contribution in [0, 0.1) is 0 Å². The number of hydrogen-bond acceptors (Lipinski definition) is 4. The van der Waals surface area contributed by atoms with Crippen molar-refractivity contribution >= 4 is 17.8 Å². The minimum Gasteiger partial charge on any atom is -0.394 e. The number of hydrogen-bond donors (Lipinski definition) is 5. The van der Waals surface area contributed by atoms with Crippen molar-refractivity contribution in [2.45, 2.75) is 63.1 Å². The largest absolute Gasteiger partial charge is 0.394 e. The quantitative estimate of drug-likeness (QED) is 0.462. The van der Waals surface area contributed by atoms with Gasteiger partial charge in [-0.25, -0.2) is 4.79 Å². The Balaban J connectivity index is 1.82. The summed E-state index contributed by atoms with van der Waals surface area (Å²) in [7, 11) is 0. The van der Waals surface area contributed by atoms with Gasteiger partial charge in [0.05, 0.1) is 6.61 Å². The van der Waals surface area contributed by atoms with Crippen LogP contribution in [0.25, 0.3) is 0 Å². The molecular formula is C15H26N4O4. The molecule has 23 heavy (non-hydrogen) atoms. The first-order chi connectivity index (χ1) is 11.1. The molecule has 130 valence electrons. The summed E-state index contributed by atoms with van der Waals surface area (Å²) in [5.41, 5.74) is 0. The molecular weight excluding hydrogens is 300 g/mol. The van der Waals surface area contributed by atoms with Crippen LogP contribution in [0.3, 0.4) is 0 Å². The Hall–Kier alpha value is -1.83. The van der Waals surface area contributed by atoms with Gasteiger partial charge in [-0.1, -0.05) is 32.1 Å². The fourth-order valence-electron chi connectivity index (χ4n) is 2.98. The van der Waals surface area contributed by atoms with Gasteiger partial charge in [-0.15, -0.1) is 0 Å². The maximum absolute atomic E-state index is 12.3. The molecule has 2 fully saturated rings. The lowest BCUT2D eigenvalue weighted by molar-refractivity contribution is -0.131. The molecule has 1 saturated heterocycles. The molecule has 4 amide bonds. The van der Waals surface area contributed by atoms with Crippen molar-refractivity contribution in [3.63, 3.8) is 0 Å². The van der Waals surface area contributed by atoms with Gasteiger partial charge in [0.15, 0.2) is 0 Å². The molecule has 8 nitrogen and oxygen atoms in total. The zero-order valence-electron chi connectivity index (χ0n) is 13.3. The molecule has 0 spiro atoms. The average Bonchev–Trinajstić information content (AvgIpc) is 2.93. The van der Waals surface area contributed by atoms with Crippen LogP contribution < -0.4 is 21.3 Å². The third-order valence-corrected chi connectivity index (χ3v) is 4.36. The molecule has 2 rings (SSSR count). The van der Waals surface area contributed by atoms with E-state index in [2.05, 4.69) is 21.3 Å². The second kappa shape index (κ2) is 8.71. The minimum absolute atomic E-state index is 0.0987. The van der Waals surface area contributed by atoms with Gasteiger partial charge in [-0.05, 0) is 12.8 Å². The van der Waals surface area contributed by atoms with Crippen molar-refractivity contribution in [1.29, 1.82) is 0 Å². The number of urea groups is 1. The molecule has 0 bridgehead atoms. The van der Waals surface area contributed by atoms with Crippen LogP contribution in [0.1, 0.15) is 44.9 Å². The number of carbonyl (C=O) groups excluding carboxylic acids is 3.